The fourth-order valence-corrected chi connectivity index (χ4v) is 6.87. The van der Waals surface area contributed by atoms with Crippen molar-refractivity contribution in [2.24, 2.45) is 0 Å². The molecule has 39 heavy (non-hydrogen) atoms. The number of rotatable bonds is 7. The SMILES string of the molecule is CN(C)[C@H]1C[C@@H](c2cccc(C(F)(F)F)c2Cl)CC[C@@H]1Oc1cc(F)c(S(=O)(=O)Cc2ccncn2)cc1Cl. The van der Waals surface area contributed by atoms with Crippen LogP contribution in [0, 0.1) is 5.82 Å². The second-order valence-corrected chi connectivity index (χ2v) is 12.3. The Morgan fingerprint density at radius 3 is 2.51 bits per heavy atom. The number of hydrogen-bond donors (Lipinski definition) is 0. The van der Waals surface area contributed by atoms with Gasteiger partial charge in [0.1, 0.15) is 28.9 Å². The molecule has 0 unspecified atom stereocenters. The lowest BCUT2D eigenvalue weighted by Crippen LogP contribution is -2.46. The summed E-state index contributed by atoms with van der Waals surface area (Å²) in [5.41, 5.74) is -0.259. The van der Waals surface area contributed by atoms with Crippen LogP contribution in [0.3, 0.4) is 0 Å². The third-order valence-electron chi connectivity index (χ3n) is 6.77. The van der Waals surface area contributed by atoms with Crippen molar-refractivity contribution in [2.45, 2.75) is 54.2 Å². The van der Waals surface area contributed by atoms with Gasteiger partial charge in [-0.2, -0.15) is 13.2 Å². The van der Waals surface area contributed by atoms with E-state index in [0.29, 0.717) is 24.8 Å². The highest BCUT2D eigenvalue weighted by Gasteiger charge is 2.38. The largest absolute Gasteiger partial charge is 0.487 e. The molecule has 6 nitrogen and oxygen atoms in total. The third kappa shape index (κ3) is 6.65. The predicted molar refractivity (Wildman–Crippen MR) is 139 cm³/mol. The van der Waals surface area contributed by atoms with Gasteiger partial charge in [-0.25, -0.2) is 22.8 Å². The van der Waals surface area contributed by atoms with Crippen molar-refractivity contribution in [2.75, 3.05) is 14.1 Å². The number of nitrogens with zero attached hydrogens (tertiary/aromatic N) is 3. The molecule has 4 rings (SSSR count). The average Bonchev–Trinajstić information content (AvgIpc) is 2.86. The van der Waals surface area contributed by atoms with Crippen molar-refractivity contribution in [1.82, 2.24) is 14.9 Å². The van der Waals surface area contributed by atoms with E-state index in [1.54, 1.807) is 6.07 Å². The summed E-state index contributed by atoms with van der Waals surface area (Å²) in [6, 6.07) is 7.01. The van der Waals surface area contributed by atoms with Gasteiger partial charge in [-0.15, -0.1) is 0 Å². The summed E-state index contributed by atoms with van der Waals surface area (Å²) in [6.07, 6.45) is -1.14. The summed E-state index contributed by atoms with van der Waals surface area (Å²) in [5, 5.41) is -0.394. The normalized spacial score (nSPS) is 20.3. The van der Waals surface area contributed by atoms with E-state index >= 15 is 4.39 Å². The highest BCUT2D eigenvalue weighted by molar-refractivity contribution is 7.90. The van der Waals surface area contributed by atoms with E-state index in [4.69, 9.17) is 27.9 Å². The molecule has 3 atom stereocenters. The zero-order chi connectivity index (χ0) is 28.5. The quantitative estimate of drug-likeness (QED) is 0.284. The first-order valence-corrected chi connectivity index (χ1v) is 14.3. The summed E-state index contributed by atoms with van der Waals surface area (Å²) in [6.45, 7) is 0. The maximum atomic E-state index is 15.0. The average molecular weight is 606 g/mol. The lowest BCUT2D eigenvalue weighted by atomic mass is 9.79. The Bertz CT molecular complexity index is 1440. The van der Waals surface area contributed by atoms with E-state index in [0.717, 1.165) is 18.2 Å². The van der Waals surface area contributed by atoms with Crippen molar-refractivity contribution in [3.63, 3.8) is 0 Å². The Balaban J connectivity index is 1.55. The molecule has 0 spiro atoms. The van der Waals surface area contributed by atoms with Crippen molar-refractivity contribution >= 4 is 33.0 Å². The van der Waals surface area contributed by atoms with Gasteiger partial charge in [0.2, 0.25) is 0 Å². The summed E-state index contributed by atoms with van der Waals surface area (Å²) >= 11 is 12.5. The number of halogens is 6. The third-order valence-corrected chi connectivity index (χ3v) is 9.15. The van der Waals surface area contributed by atoms with Gasteiger partial charge >= 0.3 is 6.18 Å². The van der Waals surface area contributed by atoms with Crippen molar-refractivity contribution < 1.29 is 30.7 Å². The highest BCUT2D eigenvalue weighted by Crippen LogP contribution is 2.44. The minimum absolute atomic E-state index is 0.0254. The first-order chi connectivity index (χ1) is 18.3. The van der Waals surface area contributed by atoms with Crippen LogP contribution in [0.4, 0.5) is 17.6 Å². The summed E-state index contributed by atoms with van der Waals surface area (Å²) in [7, 11) is -0.487. The van der Waals surface area contributed by atoms with Gasteiger partial charge in [0.25, 0.3) is 0 Å². The maximum absolute atomic E-state index is 15.0. The van der Waals surface area contributed by atoms with Crippen LogP contribution in [0.15, 0.2) is 53.8 Å². The number of hydrogen-bond acceptors (Lipinski definition) is 6. The fraction of sp³-hybridized carbons (Fsp3) is 0.385. The number of aromatic nitrogens is 2. The van der Waals surface area contributed by atoms with Gasteiger partial charge in [0.15, 0.2) is 9.84 Å². The fourth-order valence-electron chi connectivity index (χ4n) is 4.84. The van der Waals surface area contributed by atoms with Crippen LogP contribution in [-0.2, 0) is 21.8 Å². The van der Waals surface area contributed by atoms with Crippen molar-refractivity contribution in [3.8, 4) is 5.75 Å². The van der Waals surface area contributed by atoms with Crippen LogP contribution >= 0.6 is 23.2 Å². The summed E-state index contributed by atoms with van der Waals surface area (Å²) < 4.78 is 86.9. The molecule has 0 amide bonds. The zero-order valence-corrected chi connectivity index (χ0v) is 23.3. The maximum Gasteiger partial charge on any atom is 0.417 e. The second-order valence-electron chi connectivity index (χ2n) is 9.58. The Morgan fingerprint density at radius 2 is 1.87 bits per heavy atom. The van der Waals surface area contributed by atoms with Gasteiger partial charge in [0, 0.05) is 18.3 Å². The summed E-state index contributed by atoms with van der Waals surface area (Å²) in [4.78, 5) is 8.90. The zero-order valence-electron chi connectivity index (χ0n) is 20.9. The molecule has 1 fully saturated rings. The molecule has 13 heteroatoms. The first kappa shape index (κ1) is 29.5. The number of sulfone groups is 1. The Kier molecular flexibility index (Phi) is 8.75. The van der Waals surface area contributed by atoms with Crippen LogP contribution in [-0.4, -0.2) is 49.5 Å². The Hall–Kier alpha value is -2.47. The van der Waals surface area contributed by atoms with Crippen LogP contribution in [0.2, 0.25) is 10.0 Å². The minimum atomic E-state index is -4.57. The molecule has 1 aliphatic rings. The molecule has 210 valence electrons. The number of ether oxygens (including phenoxy) is 1. The number of alkyl halides is 3. The molecule has 1 saturated carbocycles. The summed E-state index contributed by atoms with van der Waals surface area (Å²) in [5.74, 6) is -1.83. The van der Waals surface area contributed by atoms with Crippen LogP contribution in [0.25, 0.3) is 0 Å². The van der Waals surface area contributed by atoms with Crippen molar-refractivity contribution in [1.29, 1.82) is 0 Å². The Labute approximate surface area is 233 Å². The molecule has 0 aliphatic heterocycles. The van der Waals surface area contributed by atoms with E-state index in [2.05, 4.69) is 9.97 Å². The van der Waals surface area contributed by atoms with Gasteiger partial charge in [-0.3, -0.25) is 0 Å². The van der Waals surface area contributed by atoms with Crippen LogP contribution < -0.4 is 4.74 Å². The van der Waals surface area contributed by atoms with Crippen LogP contribution in [0.1, 0.15) is 42.0 Å². The molecular weight excluding hydrogens is 581 g/mol. The lowest BCUT2D eigenvalue weighted by Gasteiger charge is -2.40. The van der Waals surface area contributed by atoms with Gasteiger partial charge in [-0.1, -0.05) is 35.3 Å². The molecular formula is C26H25Cl2F4N3O3S. The van der Waals surface area contributed by atoms with Gasteiger partial charge < -0.3 is 9.64 Å². The van der Waals surface area contributed by atoms with E-state index in [1.807, 2.05) is 19.0 Å². The minimum Gasteiger partial charge on any atom is -0.487 e. The molecule has 3 aromatic rings. The lowest BCUT2D eigenvalue weighted by molar-refractivity contribution is -0.137. The molecule has 0 radical (unpaired) electrons. The number of likely N-dealkylation sites (N-methyl/N-ethyl adjacent to an activating group) is 1. The van der Waals surface area contributed by atoms with Gasteiger partial charge in [-0.05, 0) is 63.0 Å². The van der Waals surface area contributed by atoms with Gasteiger partial charge in [0.05, 0.1) is 27.1 Å². The Morgan fingerprint density at radius 1 is 1.13 bits per heavy atom. The van der Waals surface area contributed by atoms with E-state index < -0.39 is 44.1 Å². The standard InChI is InChI=1S/C26H25Cl2F4N3O3S/c1-35(2)21-10-15(17-4-3-5-18(25(17)28)26(30,31)32)6-7-22(21)38-23-12-20(29)24(11-19(23)27)39(36,37)13-16-8-9-33-14-34-16/h3-5,8-9,11-12,14-15,21-22H,6-7,10,13H2,1-2H3/t15-,21-,22-/m0/s1. The van der Waals surface area contributed by atoms with E-state index in [1.165, 1.54) is 24.7 Å². The molecule has 2 aromatic carbocycles. The van der Waals surface area contributed by atoms with Crippen molar-refractivity contribution in [3.05, 3.63) is 81.6 Å². The molecule has 0 bridgehead atoms. The predicted octanol–water partition coefficient (Wildman–Crippen LogP) is 6.56. The molecule has 1 heterocycles. The highest BCUT2D eigenvalue weighted by atomic mass is 35.5. The monoisotopic (exact) mass is 605 g/mol. The van der Waals surface area contributed by atoms with Crippen LogP contribution in [0.5, 0.6) is 5.75 Å². The second kappa shape index (κ2) is 11.6. The molecule has 1 aliphatic carbocycles. The smallest absolute Gasteiger partial charge is 0.417 e. The molecule has 0 N–H and O–H groups in total. The van der Waals surface area contributed by atoms with E-state index in [-0.39, 0.29) is 33.4 Å². The number of benzene rings is 2. The first-order valence-electron chi connectivity index (χ1n) is 11.9. The topological polar surface area (TPSA) is 72.4 Å². The van der Waals surface area contributed by atoms with E-state index in [9.17, 15) is 21.6 Å². The molecule has 0 saturated heterocycles. The molecule has 1 aromatic heterocycles.